The van der Waals surface area contributed by atoms with Crippen molar-refractivity contribution in [1.82, 2.24) is 10.6 Å². The van der Waals surface area contributed by atoms with E-state index < -0.39 is 0 Å². The van der Waals surface area contributed by atoms with Gasteiger partial charge >= 0.3 is 0 Å². The molecule has 1 aromatic carbocycles. The molecule has 2 aliphatic rings. The van der Waals surface area contributed by atoms with E-state index >= 15 is 0 Å². The summed E-state index contributed by atoms with van der Waals surface area (Å²) in [5.74, 6) is 0.731. The average Bonchev–Trinajstić information content (AvgIpc) is 2.83. The third-order valence-corrected chi connectivity index (χ3v) is 4.93. The number of fused-ring (bicyclic) bond motifs is 2. The van der Waals surface area contributed by atoms with Gasteiger partial charge in [0.1, 0.15) is 5.75 Å². The summed E-state index contributed by atoms with van der Waals surface area (Å²) in [4.78, 5) is 12.1. The number of nitrogens with one attached hydrogen (secondary N) is 2. The van der Waals surface area contributed by atoms with Crippen molar-refractivity contribution in [3.63, 3.8) is 0 Å². The van der Waals surface area contributed by atoms with Crippen LogP contribution in [0.1, 0.15) is 52.0 Å². The van der Waals surface area contributed by atoms with Crippen LogP contribution < -0.4 is 15.4 Å². The Balaban J connectivity index is 1.45. The first-order valence-corrected chi connectivity index (χ1v) is 8.69. The van der Waals surface area contributed by atoms with Crippen molar-refractivity contribution in [2.24, 2.45) is 0 Å². The maximum Gasteiger partial charge on any atom is 0.258 e. The van der Waals surface area contributed by atoms with Crippen molar-refractivity contribution < 1.29 is 9.53 Å². The molecule has 126 valence electrons. The van der Waals surface area contributed by atoms with Crippen LogP contribution in [0.15, 0.2) is 24.3 Å². The molecule has 23 heavy (non-hydrogen) atoms. The number of piperidine rings is 1. The van der Waals surface area contributed by atoms with Crippen molar-refractivity contribution in [2.75, 3.05) is 6.61 Å². The van der Waals surface area contributed by atoms with E-state index in [1.807, 2.05) is 12.1 Å². The van der Waals surface area contributed by atoms with Gasteiger partial charge in [-0.15, -0.1) is 0 Å². The number of ether oxygens (including phenoxy) is 1. The number of benzene rings is 1. The van der Waals surface area contributed by atoms with Crippen molar-refractivity contribution in [3.8, 4) is 5.75 Å². The van der Waals surface area contributed by atoms with Crippen LogP contribution in [0.25, 0.3) is 0 Å². The molecular weight excluding hydrogens is 288 g/mol. The van der Waals surface area contributed by atoms with E-state index in [0.29, 0.717) is 18.1 Å². The molecule has 2 unspecified atom stereocenters. The summed E-state index contributed by atoms with van der Waals surface area (Å²) in [5, 5.41) is 6.71. The minimum atomic E-state index is -0.0174. The number of carbonyl (C=O) groups excluding carboxylic acids is 1. The van der Waals surface area contributed by atoms with Crippen LogP contribution in [0.3, 0.4) is 0 Å². The van der Waals surface area contributed by atoms with Crippen LogP contribution in [0, 0.1) is 0 Å². The van der Waals surface area contributed by atoms with Crippen LogP contribution in [-0.4, -0.2) is 30.6 Å². The van der Waals surface area contributed by atoms with Gasteiger partial charge in [0.25, 0.3) is 5.91 Å². The highest BCUT2D eigenvalue weighted by atomic mass is 16.5. The predicted octanol–water partition coefficient (Wildman–Crippen LogP) is 2.76. The number of carbonyl (C=O) groups is 1. The molecule has 2 heterocycles. The van der Waals surface area contributed by atoms with Gasteiger partial charge in [-0.25, -0.2) is 0 Å². The zero-order valence-corrected chi connectivity index (χ0v) is 14.4. The zero-order chi connectivity index (χ0) is 16.4. The molecule has 4 nitrogen and oxygen atoms in total. The van der Waals surface area contributed by atoms with Gasteiger partial charge in [0.05, 0.1) is 0 Å². The molecule has 0 aromatic heterocycles. The molecule has 3 rings (SSSR count). The molecule has 2 aliphatic heterocycles. The quantitative estimate of drug-likeness (QED) is 0.898. The third kappa shape index (κ3) is 4.25. The lowest BCUT2D eigenvalue weighted by Crippen LogP contribution is -2.48. The van der Waals surface area contributed by atoms with Gasteiger partial charge in [0.15, 0.2) is 6.61 Å². The maximum absolute atomic E-state index is 12.1. The molecule has 4 heteroatoms. The van der Waals surface area contributed by atoms with Gasteiger partial charge in [-0.2, -0.15) is 0 Å². The number of amides is 1. The van der Waals surface area contributed by atoms with Crippen LogP contribution >= 0.6 is 0 Å². The highest BCUT2D eigenvalue weighted by molar-refractivity contribution is 5.77. The molecule has 2 fully saturated rings. The first kappa shape index (κ1) is 16.3. The Hall–Kier alpha value is -1.55. The Morgan fingerprint density at radius 3 is 2.35 bits per heavy atom. The second-order valence-electron chi connectivity index (χ2n) is 7.94. The van der Waals surface area contributed by atoms with E-state index in [0.717, 1.165) is 18.6 Å². The van der Waals surface area contributed by atoms with Gasteiger partial charge < -0.3 is 15.4 Å². The zero-order valence-electron chi connectivity index (χ0n) is 14.4. The first-order valence-electron chi connectivity index (χ1n) is 8.69. The lowest BCUT2D eigenvalue weighted by atomic mass is 9.87. The normalized spacial score (nSPS) is 26.8. The summed E-state index contributed by atoms with van der Waals surface area (Å²) >= 11 is 0. The van der Waals surface area contributed by atoms with Crippen molar-refractivity contribution in [3.05, 3.63) is 29.8 Å². The molecule has 0 spiro atoms. The summed E-state index contributed by atoms with van der Waals surface area (Å²) in [6, 6.07) is 9.50. The van der Waals surface area contributed by atoms with Crippen LogP contribution in [0.4, 0.5) is 0 Å². The lowest BCUT2D eigenvalue weighted by Gasteiger charge is -2.29. The summed E-state index contributed by atoms with van der Waals surface area (Å²) in [6.45, 7) is 6.64. The van der Waals surface area contributed by atoms with E-state index in [-0.39, 0.29) is 17.9 Å². The maximum atomic E-state index is 12.1. The molecule has 1 amide bonds. The lowest BCUT2D eigenvalue weighted by molar-refractivity contribution is -0.124. The summed E-state index contributed by atoms with van der Waals surface area (Å²) in [7, 11) is 0. The SMILES string of the molecule is CC(C)(C)c1ccc(OCC(=O)NC2CC3CCC(C2)N3)cc1. The summed E-state index contributed by atoms with van der Waals surface area (Å²) in [5.41, 5.74) is 1.39. The largest absolute Gasteiger partial charge is 0.484 e. The fourth-order valence-corrected chi connectivity index (χ4v) is 3.64. The van der Waals surface area contributed by atoms with Gasteiger partial charge in [0.2, 0.25) is 0 Å². The second kappa shape index (κ2) is 6.52. The fraction of sp³-hybridized carbons (Fsp3) is 0.632. The van der Waals surface area contributed by atoms with E-state index in [1.165, 1.54) is 18.4 Å². The molecule has 0 aliphatic carbocycles. The van der Waals surface area contributed by atoms with E-state index in [2.05, 4.69) is 43.5 Å². The monoisotopic (exact) mass is 316 g/mol. The first-order chi connectivity index (χ1) is 10.9. The van der Waals surface area contributed by atoms with E-state index in [9.17, 15) is 4.79 Å². The summed E-state index contributed by atoms with van der Waals surface area (Å²) < 4.78 is 5.62. The van der Waals surface area contributed by atoms with Gasteiger partial charge in [-0.05, 0) is 48.8 Å². The topological polar surface area (TPSA) is 50.4 Å². The Morgan fingerprint density at radius 2 is 1.78 bits per heavy atom. The number of rotatable bonds is 4. The van der Waals surface area contributed by atoms with Crippen LogP contribution in [0.5, 0.6) is 5.75 Å². The Kier molecular flexibility index (Phi) is 4.62. The Morgan fingerprint density at radius 1 is 1.17 bits per heavy atom. The standard InChI is InChI=1S/C19H28N2O2/c1-19(2,3)13-4-8-17(9-5-13)23-12-18(22)21-16-10-14-6-7-15(11-16)20-14/h4-5,8-9,14-16,20H,6-7,10-12H2,1-3H3,(H,21,22). The number of hydrogen-bond acceptors (Lipinski definition) is 3. The molecule has 2 saturated heterocycles. The van der Waals surface area contributed by atoms with E-state index in [1.54, 1.807) is 0 Å². The highest BCUT2D eigenvalue weighted by Crippen LogP contribution is 2.27. The van der Waals surface area contributed by atoms with Gasteiger partial charge in [0, 0.05) is 18.1 Å². The molecular formula is C19H28N2O2. The minimum absolute atomic E-state index is 0.0174. The minimum Gasteiger partial charge on any atom is -0.484 e. The van der Waals surface area contributed by atoms with Crippen molar-refractivity contribution in [1.29, 1.82) is 0 Å². The van der Waals surface area contributed by atoms with Gasteiger partial charge in [-0.3, -0.25) is 4.79 Å². The van der Waals surface area contributed by atoms with Crippen molar-refractivity contribution >= 4 is 5.91 Å². The molecule has 0 saturated carbocycles. The Labute approximate surface area is 139 Å². The number of hydrogen-bond donors (Lipinski definition) is 2. The molecule has 0 radical (unpaired) electrons. The fourth-order valence-electron chi connectivity index (χ4n) is 3.64. The smallest absolute Gasteiger partial charge is 0.258 e. The van der Waals surface area contributed by atoms with Crippen molar-refractivity contribution in [2.45, 2.75) is 70.0 Å². The van der Waals surface area contributed by atoms with Crippen LogP contribution in [-0.2, 0) is 10.2 Å². The molecule has 1 aromatic rings. The second-order valence-corrected chi connectivity index (χ2v) is 7.94. The average molecular weight is 316 g/mol. The molecule has 2 atom stereocenters. The molecule has 2 N–H and O–H groups in total. The summed E-state index contributed by atoms with van der Waals surface area (Å²) in [6.07, 6.45) is 4.58. The third-order valence-electron chi connectivity index (χ3n) is 4.93. The van der Waals surface area contributed by atoms with Gasteiger partial charge in [-0.1, -0.05) is 32.9 Å². The molecule has 2 bridgehead atoms. The van der Waals surface area contributed by atoms with Crippen LogP contribution in [0.2, 0.25) is 0 Å². The predicted molar refractivity (Wildman–Crippen MR) is 91.7 cm³/mol. The Bertz CT molecular complexity index is 535. The highest BCUT2D eigenvalue weighted by Gasteiger charge is 2.33. The van der Waals surface area contributed by atoms with E-state index in [4.69, 9.17) is 4.74 Å².